The average molecular weight is 554 g/mol. The summed E-state index contributed by atoms with van der Waals surface area (Å²) >= 11 is 0. The van der Waals surface area contributed by atoms with Crippen LogP contribution >= 0.6 is 0 Å². The molecule has 0 unspecified atom stereocenters. The summed E-state index contributed by atoms with van der Waals surface area (Å²) in [5, 5.41) is 2.25. The summed E-state index contributed by atoms with van der Waals surface area (Å²) in [6.07, 6.45) is 5.38. The molecule has 0 aromatic heterocycles. The number of rotatable bonds is 4. The van der Waals surface area contributed by atoms with Crippen molar-refractivity contribution < 1.29 is 0 Å². The SMILES string of the molecule is Cc1cc(C)c(-c2cccc(-c3cccc(/C(=C4\C=Cc5ccccc5C4)c4ccc5ccccc5c4N)c3)c2)c(C)c1. The molecule has 1 heteroatoms. The third-order valence-corrected chi connectivity index (χ3v) is 8.77. The number of nitrogen functional groups attached to an aromatic ring is 1. The number of hydrogen-bond acceptors (Lipinski definition) is 1. The molecule has 43 heavy (non-hydrogen) atoms. The number of aryl methyl sites for hydroxylation is 3. The summed E-state index contributed by atoms with van der Waals surface area (Å²) < 4.78 is 0. The summed E-state index contributed by atoms with van der Waals surface area (Å²) in [4.78, 5) is 0. The Balaban J connectivity index is 1.40. The van der Waals surface area contributed by atoms with Gasteiger partial charge in [-0.05, 0) is 106 Å². The predicted octanol–water partition coefficient (Wildman–Crippen LogP) is 10.8. The molecule has 0 amide bonds. The number of hydrogen-bond donors (Lipinski definition) is 1. The minimum Gasteiger partial charge on any atom is -0.398 e. The summed E-state index contributed by atoms with van der Waals surface area (Å²) in [6.45, 7) is 6.59. The second-order valence-corrected chi connectivity index (χ2v) is 11.8. The zero-order valence-corrected chi connectivity index (χ0v) is 25.0. The van der Waals surface area contributed by atoms with E-state index >= 15 is 0 Å². The van der Waals surface area contributed by atoms with Gasteiger partial charge in [-0.3, -0.25) is 0 Å². The van der Waals surface area contributed by atoms with Crippen LogP contribution in [0, 0.1) is 20.8 Å². The van der Waals surface area contributed by atoms with E-state index in [2.05, 4.69) is 154 Å². The lowest BCUT2D eigenvalue weighted by atomic mass is 9.84. The van der Waals surface area contributed by atoms with Crippen LogP contribution in [0.4, 0.5) is 5.69 Å². The van der Waals surface area contributed by atoms with Crippen LogP contribution in [0.3, 0.4) is 0 Å². The molecule has 0 spiro atoms. The van der Waals surface area contributed by atoms with Gasteiger partial charge >= 0.3 is 0 Å². The van der Waals surface area contributed by atoms with Crippen molar-refractivity contribution in [2.75, 3.05) is 5.73 Å². The molecule has 0 saturated carbocycles. The molecule has 2 N–H and O–H groups in total. The van der Waals surface area contributed by atoms with E-state index in [0.29, 0.717) is 0 Å². The first kappa shape index (κ1) is 26.7. The molecule has 7 rings (SSSR count). The molecule has 0 atom stereocenters. The molecule has 0 heterocycles. The first-order chi connectivity index (χ1) is 21.0. The summed E-state index contributed by atoms with van der Waals surface area (Å²) in [5.74, 6) is 0. The topological polar surface area (TPSA) is 26.0 Å². The second kappa shape index (κ2) is 10.9. The quantitative estimate of drug-likeness (QED) is 0.216. The van der Waals surface area contributed by atoms with Gasteiger partial charge in [0.05, 0.1) is 0 Å². The van der Waals surface area contributed by atoms with Crippen molar-refractivity contribution >= 4 is 28.1 Å². The van der Waals surface area contributed by atoms with Crippen LogP contribution in [0.15, 0.2) is 133 Å². The van der Waals surface area contributed by atoms with Crippen molar-refractivity contribution in [3.63, 3.8) is 0 Å². The van der Waals surface area contributed by atoms with Crippen molar-refractivity contribution in [2.45, 2.75) is 27.2 Å². The molecule has 6 aromatic rings. The molecular weight excluding hydrogens is 518 g/mol. The predicted molar refractivity (Wildman–Crippen MR) is 185 cm³/mol. The van der Waals surface area contributed by atoms with E-state index in [1.165, 1.54) is 66.8 Å². The lowest BCUT2D eigenvalue weighted by Gasteiger charge is -2.21. The first-order valence-electron chi connectivity index (χ1n) is 15.0. The van der Waals surface area contributed by atoms with E-state index in [9.17, 15) is 0 Å². The fourth-order valence-corrected chi connectivity index (χ4v) is 6.86. The van der Waals surface area contributed by atoms with Gasteiger partial charge in [0.15, 0.2) is 0 Å². The molecule has 1 aliphatic rings. The smallest absolute Gasteiger partial charge is 0.0473 e. The number of benzene rings is 6. The van der Waals surface area contributed by atoms with Crippen LogP contribution in [0.2, 0.25) is 0 Å². The lowest BCUT2D eigenvalue weighted by Crippen LogP contribution is -2.04. The van der Waals surface area contributed by atoms with E-state index in [0.717, 1.165) is 28.4 Å². The molecule has 0 fully saturated rings. The second-order valence-electron chi connectivity index (χ2n) is 11.8. The fourth-order valence-electron chi connectivity index (χ4n) is 6.86. The Bertz CT molecular complexity index is 2070. The van der Waals surface area contributed by atoms with Crippen molar-refractivity contribution in [1.29, 1.82) is 0 Å². The average Bonchev–Trinajstić information content (AvgIpc) is 3.02. The van der Waals surface area contributed by atoms with E-state index in [1.54, 1.807) is 0 Å². The largest absolute Gasteiger partial charge is 0.398 e. The lowest BCUT2D eigenvalue weighted by molar-refractivity contribution is 1.17. The van der Waals surface area contributed by atoms with Gasteiger partial charge in [0.2, 0.25) is 0 Å². The van der Waals surface area contributed by atoms with Gasteiger partial charge in [-0.25, -0.2) is 0 Å². The molecule has 6 aromatic carbocycles. The highest BCUT2D eigenvalue weighted by molar-refractivity contribution is 6.02. The third kappa shape index (κ3) is 4.98. The van der Waals surface area contributed by atoms with E-state index in [4.69, 9.17) is 5.73 Å². The maximum absolute atomic E-state index is 6.97. The molecule has 0 aliphatic heterocycles. The Kier molecular flexibility index (Phi) is 6.80. The molecule has 0 radical (unpaired) electrons. The molecule has 0 bridgehead atoms. The Morgan fingerprint density at radius 3 is 2.14 bits per heavy atom. The number of allylic oxidation sites excluding steroid dienone is 2. The fraction of sp³-hybridized carbons (Fsp3) is 0.0952. The molecule has 208 valence electrons. The van der Waals surface area contributed by atoms with Gasteiger partial charge in [0.1, 0.15) is 0 Å². The molecule has 1 aliphatic carbocycles. The minimum atomic E-state index is 0.825. The van der Waals surface area contributed by atoms with Gasteiger partial charge in [-0.2, -0.15) is 0 Å². The van der Waals surface area contributed by atoms with Crippen LogP contribution in [0.1, 0.15) is 38.9 Å². The highest BCUT2D eigenvalue weighted by atomic mass is 14.6. The molecular formula is C42H35N. The Hall–Kier alpha value is -5.14. The number of fused-ring (bicyclic) bond motifs is 2. The van der Waals surface area contributed by atoms with E-state index in [-0.39, 0.29) is 0 Å². The zero-order valence-electron chi connectivity index (χ0n) is 25.0. The first-order valence-corrected chi connectivity index (χ1v) is 15.0. The third-order valence-electron chi connectivity index (χ3n) is 8.77. The molecule has 1 nitrogen and oxygen atoms in total. The van der Waals surface area contributed by atoms with Gasteiger partial charge in [0.25, 0.3) is 0 Å². The molecule has 0 saturated heterocycles. The van der Waals surface area contributed by atoms with Crippen LogP contribution in [-0.2, 0) is 6.42 Å². The van der Waals surface area contributed by atoms with Crippen molar-refractivity contribution in [3.05, 3.63) is 172 Å². The van der Waals surface area contributed by atoms with Crippen LogP contribution < -0.4 is 5.73 Å². The van der Waals surface area contributed by atoms with E-state index < -0.39 is 0 Å². The maximum Gasteiger partial charge on any atom is 0.0473 e. The highest BCUT2D eigenvalue weighted by Gasteiger charge is 2.19. The zero-order chi connectivity index (χ0) is 29.5. The van der Waals surface area contributed by atoms with Crippen LogP contribution in [-0.4, -0.2) is 0 Å². The van der Waals surface area contributed by atoms with Gasteiger partial charge in [0, 0.05) is 16.6 Å². The number of anilines is 1. The normalized spacial score (nSPS) is 13.7. The van der Waals surface area contributed by atoms with E-state index in [1.807, 2.05) is 0 Å². The summed E-state index contributed by atoms with van der Waals surface area (Å²) in [7, 11) is 0. The van der Waals surface area contributed by atoms with Gasteiger partial charge in [-0.15, -0.1) is 0 Å². The standard InChI is InChI=1S/C42H35N/c1-27-22-28(2)40(29(3)23-27)35-15-8-13-33(25-35)34-14-9-16-36(26-34)41(37-19-18-30-10-4-5-12-32(30)24-37)39-21-20-31-11-6-7-17-38(31)42(39)43/h4-23,25-26H,24,43H2,1-3H3/b41-37-. The number of nitrogens with two attached hydrogens (primary N) is 1. The van der Waals surface area contributed by atoms with Gasteiger partial charge < -0.3 is 5.73 Å². The van der Waals surface area contributed by atoms with Crippen LogP contribution in [0.5, 0.6) is 0 Å². The van der Waals surface area contributed by atoms with Crippen molar-refractivity contribution in [3.8, 4) is 22.3 Å². The monoisotopic (exact) mass is 553 g/mol. The van der Waals surface area contributed by atoms with Crippen molar-refractivity contribution in [2.24, 2.45) is 0 Å². The maximum atomic E-state index is 6.97. The van der Waals surface area contributed by atoms with Crippen LogP contribution in [0.25, 0.3) is 44.7 Å². The minimum absolute atomic E-state index is 0.825. The Morgan fingerprint density at radius 2 is 1.30 bits per heavy atom. The van der Waals surface area contributed by atoms with Crippen molar-refractivity contribution in [1.82, 2.24) is 0 Å². The summed E-state index contributed by atoms with van der Waals surface area (Å²) in [6, 6.07) is 43.9. The Labute approximate surface area is 254 Å². The van der Waals surface area contributed by atoms with Gasteiger partial charge in [-0.1, -0.05) is 127 Å². The highest BCUT2D eigenvalue weighted by Crippen LogP contribution is 2.40. The Morgan fingerprint density at radius 1 is 0.605 bits per heavy atom. The summed E-state index contributed by atoms with van der Waals surface area (Å²) in [5.41, 5.74) is 24.0.